The van der Waals surface area contributed by atoms with Crippen molar-refractivity contribution in [2.75, 3.05) is 5.32 Å². The minimum absolute atomic E-state index is 0.701. The standard InChI is InChI=1S/C15H17N3O/c1-3-18-8-4-5-13(18)10-16-12-6-7-15-14(9-12)17-11(2)19-15/h4-9,16H,3,10H2,1-2H3. The number of rotatable bonds is 4. The van der Waals surface area contributed by atoms with E-state index in [0.29, 0.717) is 5.89 Å². The minimum Gasteiger partial charge on any atom is -0.441 e. The highest BCUT2D eigenvalue weighted by Gasteiger charge is 2.04. The number of aryl methyl sites for hydroxylation is 2. The van der Waals surface area contributed by atoms with E-state index >= 15 is 0 Å². The summed E-state index contributed by atoms with van der Waals surface area (Å²) < 4.78 is 7.69. The summed E-state index contributed by atoms with van der Waals surface area (Å²) in [5, 5.41) is 3.42. The molecule has 3 aromatic rings. The van der Waals surface area contributed by atoms with Gasteiger partial charge in [-0.3, -0.25) is 0 Å². The van der Waals surface area contributed by atoms with E-state index < -0.39 is 0 Å². The molecule has 0 amide bonds. The van der Waals surface area contributed by atoms with Gasteiger partial charge in [-0.15, -0.1) is 0 Å². The third-order valence-electron chi connectivity index (χ3n) is 3.23. The first kappa shape index (κ1) is 11.8. The molecule has 1 N–H and O–H groups in total. The molecule has 3 rings (SSSR count). The van der Waals surface area contributed by atoms with Crippen LogP contribution in [-0.2, 0) is 13.1 Å². The molecule has 19 heavy (non-hydrogen) atoms. The molecule has 0 saturated heterocycles. The average Bonchev–Trinajstić information content (AvgIpc) is 3.00. The van der Waals surface area contributed by atoms with Crippen LogP contribution >= 0.6 is 0 Å². The first-order chi connectivity index (χ1) is 9.26. The molecule has 0 spiro atoms. The Hall–Kier alpha value is -2.23. The Labute approximate surface area is 112 Å². The van der Waals surface area contributed by atoms with E-state index in [1.807, 2.05) is 25.1 Å². The predicted octanol–water partition coefficient (Wildman–Crippen LogP) is 3.57. The van der Waals surface area contributed by atoms with Crippen molar-refractivity contribution in [3.05, 3.63) is 48.1 Å². The molecule has 0 saturated carbocycles. The van der Waals surface area contributed by atoms with E-state index in [2.05, 4.69) is 40.1 Å². The number of nitrogens with zero attached hydrogens (tertiary/aromatic N) is 2. The number of oxazole rings is 1. The zero-order valence-corrected chi connectivity index (χ0v) is 11.2. The highest BCUT2D eigenvalue weighted by molar-refractivity contribution is 5.77. The van der Waals surface area contributed by atoms with Gasteiger partial charge in [0.1, 0.15) is 5.52 Å². The van der Waals surface area contributed by atoms with Gasteiger partial charge in [-0.25, -0.2) is 4.98 Å². The van der Waals surface area contributed by atoms with Gasteiger partial charge >= 0.3 is 0 Å². The van der Waals surface area contributed by atoms with Crippen molar-refractivity contribution in [1.82, 2.24) is 9.55 Å². The zero-order valence-electron chi connectivity index (χ0n) is 11.2. The van der Waals surface area contributed by atoms with Gasteiger partial charge in [0.25, 0.3) is 0 Å². The van der Waals surface area contributed by atoms with Crippen molar-refractivity contribution in [3.63, 3.8) is 0 Å². The molecule has 4 nitrogen and oxygen atoms in total. The van der Waals surface area contributed by atoms with E-state index in [4.69, 9.17) is 4.42 Å². The van der Waals surface area contributed by atoms with Gasteiger partial charge in [-0.2, -0.15) is 0 Å². The maximum absolute atomic E-state index is 5.47. The van der Waals surface area contributed by atoms with Crippen LogP contribution in [-0.4, -0.2) is 9.55 Å². The first-order valence-electron chi connectivity index (χ1n) is 6.51. The second kappa shape index (κ2) is 4.80. The van der Waals surface area contributed by atoms with Crippen molar-refractivity contribution in [2.24, 2.45) is 0 Å². The molecule has 1 aromatic carbocycles. The molecule has 0 fully saturated rings. The van der Waals surface area contributed by atoms with Crippen LogP contribution in [0.5, 0.6) is 0 Å². The van der Waals surface area contributed by atoms with Gasteiger partial charge in [0.2, 0.25) is 0 Å². The highest BCUT2D eigenvalue weighted by atomic mass is 16.3. The van der Waals surface area contributed by atoms with Crippen LogP contribution < -0.4 is 5.32 Å². The lowest BCUT2D eigenvalue weighted by atomic mass is 10.3. The number of benzene rings is 1. The summed E-state index contributed by atoms with van der Waals surface area (Å²) in [4.78, 5) is 4.34. The number of fused-ring (bicyclic) bond motifs is 1. The maximum Gasteiger partial charge on any atom is 0.192 e. The van der Waals surface area contributed by atoms with Crippen molar-refractivity contribution in [2.45, 2.75) is 26.9 Å². The summed E-state index contributed by atoms with van der Waals surface area (Å²) in [6, 6.07) is 10.2. The van der Waals surface area contributed by atoms with E-state index in [-0.39, 0.29) is 0 Å². The molecule has 2 heterocycles. The van der Waals surface area contributed by atoms with Crippen LogP contribution in [0.3, 0.4) is 0 Å². The normalized spacial score (nSPS) is 11.1. The first-order valence-corrected chi connectivity index (χ1v) is 6.51. The molecule has 0 bridgehead atoms. The second-order valence-corrected chi connectivity index (χ2v) is 4.55. The van der Waals surface area contributed by atoms with Crippen LogP contribution in [0.4, 0.5) is 5.69 Å². The van der Waals surface area contributed by atoms with Gasteiger partial charge in [-0.05, 0) is 37.3 Å². The van der Waals surface area contributed by atoms with Gasteiger partial charge in [0, 0.05) is 31.0 Å². The Balaban J connectivity index is 1.78. The van der Waals surface area contributed by atoms with Crippen molar-refractivity contribution < 1.29 is 4.42 Å². The molecule has 0 aliphatic rings. The largest absolute Gasteiger partial charge is 0.441 e. The Morgan fingerprint density at radius 1 is 1.32 bits per heavy atom. The van der Waals surface area contributed by atoms with E-state index in [9.17, 15) is 0 Å². The quantitative estimate of drug-likeness (QED) is 0.775. The van der Waals surface area contributed by atoms with Crippen LogP contribution in [0, 0.1) is 6.92 Å². The van der Waals surface area contributed by atoms with Crippen molar-refractivity contribution in [3.8, 4) is 0 Å². The summed E-state index contributed by atoms with van der Waals surface area (Å²) in [7, 11) is 0. The monoisotopic (exact) mass is 255 g/mol. The Morgan fingerprint density at radius 2 is 2.21 bits per heavy atom. The van der Waals surface area contributed by atoms with E-state index in [0.717, 1.165) is 29.9 Å². The summed E-state index contributed by atoms with van der Waals surface area (Å²) in [6.45, 7) is 5.81. The zero-order chi connectivity index (χ0) is 13.2. The van der Waals surface area contributed by atoms with Gasteiger partial charge in [-0.1, -0.05) is 0 Å². The number of hydrogen-bond donors (Lipinski definition) is 1. The minimum atomic E-state index is 0.701. The van der Waals surface area contributed by atoms with E-state index in [1.54, 1.807) is 0 Å². The smallest absolute Gasteiger partial charge is 0.192 e. The molecular formula is C15H17N3O. The highest BCUT2D eigenvalue weighted by Crippen LogP contribution is 2.20. The second-order valence-electron chi connectivity index (χ2n) is 4.55. The van der Waals surface area contributed by atoms with Gasteiger partial charge < -0.3 is 14.3 Å². The van der Waals surface area contributed by atoms with Crippen LogP contribution in [0.15, 0.2) is 40.9 Å². The molecule has 0 aliphatic heterocycles. The number of aromatic nitrogens is 2. The number of nitrogens with one attached hydrogen (secondary N) is 1. The summed E-state index contributed by atoms with van der Waals surface area (Å²) >= 11 is 0. The predicted molar refractivity (Wildman–Crippen MR) is 76.2 cm³/mol. The molecule has 0 atom stereocenters. The topological polar surface area (TPSA) is 43.0 Å². The average molecular weight is 255 g/mol. The van der Waals surface area contributed by atoms with Crippen LogP contribution in [0.2, 0.25) is 0 Å². The summed E-state index contributed by atoms with van der Waals surface area (Å²) in [5.74, 6) is 0.701. The number of anilines is 1. The molecule has 4 heteroatoms. The van der Waals surface area contributed by atoms with Crippen molar-refractivity contribution in [1.29, 1.82) is 0 Å². The Bertz CT molecular complexity index is 696. The van der Waals surface area contributed by atoms with Gasteiger partial charge in [0.05, 0.1) is 6.54 Å². The molecule has 0 radical (unpaired) electrons. The SMILES string of the molecule is CCn1cccc1CNc1ccc2oc(C)nc2c1. The van der Waals surface area contributed by atoms with E-state index in [1.165, 1.54) is 5.69 Å². The lowest BCUT2D eigenvalue weighted by Crippen LogP contribution is -2.05. The fourth-order valence-corrected chi connectivity index (χ4v) is 2.26. The van der Waals surface area contributed by atoms with Crippen molar-refractivity contribution >= 4 is 16.8 Å². The summed E-state index contributed by atoms with van der Waals surface area (Å²) in [5.41, 5.74) is 4.07. The fraction of sp³-hybridized carbons (Fsp3) is 0.267. The molecule has 0 aliphatic carbocycles. The molecule has 0 unspecified atom stereocenters. The Kier molecular flexibility index (Phi) is 2.99. The summed E-state index contributed by atoms with van der Waals surface area (Å²) in [6.07, 6.45) is 2.10. The third-order valence-corrected chi connectivity index (χ3v) is 3.23. The van der Waals surface area contributed by atoms with Crippen LogP contribution in [0.1, 0.15) is 18.5 Å². The third kappa shape index (κ3) is 2.34. The Morgan fingerprint density at radius 3 is 3.05 bits per heavy atom. The molecular weight excluding hydrogens is 238 g/mol. The van der Waals surface area contributed by atoms with Crippen LogP contribution in [0.25, 0.3) is 11.1 Å². The van der Waals surface area contributed by atoms with Gasteiger partial charge in [0.15, 0.2) is 11.5 Å². The molecule has 2 aromatic heterocycles. The lowest BCUT2D eigenvalue weighted by molar-refractivity contribution is 0.561. The maximum atomic E-state index is 5.47. The number of hydrogen-bond acceptors (Lipinski definition) is 3. The lowest BCUT2D eigenvalue weighted by Gasteiger charge is -2.09. The fourth-order valence-electron chi connectivity index (χ4n) is 2.26. The molecule has 98 valence electrons.